The summed E-state index contributed by atoms with van der Waals surface area (Å²) < 4.78 is 4.93. The van der Waals surface area contributed by atoms with E-state index in [-0.39, 0.29) is 17.2 Å². The molecule has 15 heavy (non-hydrogen) atoms. The van der Waals surface area contributed by atoms with Crippen molar-refractivity contribution in [1.82, 2.24) is 0 Å². The topological polar surface area (TPSA) is 69.4 Å². The Morgan fingerprint density at radius 1 is 1.47 bits per heavy atom. The van der Waals surface area contributed by atoms with Gasteiger partial charge in [-0.1, -0.05) is 0 Å². The number of aryl methyl sites for hydroxylation is 1. The van der Waals surface area contributed by atoms with E-state index in [1.54, 1.807) is 6.92 Å². The SMILES string of the molecule is COc1cc([N+](=O)[O-])c(C)cc1C(C)=O. The van der Waals surface area contributed by atoms with Gasteiger partial charge < -0.3 is 4.74 Å². The van der Waals surface area contributed by atoms with Crippen LogP contribution in [0.1, 0.15) is 22.8 Å². The maximum atomic E-state index is 11.2. The number of ether oxygens (including phenoxy) is 1. The van der Waals surface area contributed by atoms with E-state index >= 15 is 0 Å². The summed E-state index contributed by atoms with van der Waals surface area (Å²) in [5.74, 6) is 0.0599. The first-order valence-electron chi connectivity index (χ1n) is 4.31. The molecule has 0 saturated carbocycles. The summed E-state index contributed by atoms with van der Waals surface area (Å²) in [4.78, 5) is 21.3. The number of nitrogens with zero attached hydrogens (tertiary/aromatic N) is 1. The van der Waals surface area contributed by atoms with Crippen LogP contribution in [0, 0.1) is 17.0 Å². The summed E-state index contributed by atoms with van der Waals surface area (Å²) in [6.45, 7) is 2.98. The molecular formula is C10H11NO4. The highest BCUT2D eigenvalue weighted by Gasteiger charge is 2.17. The van der Waals surface area contributed by atoms with E-state index in [1.165, 1.54) is 26.2 Å². The van der Waals surface area contributed by atoms with Gasteiger partial charge in [0.25, 0.3) is 5.69 Å². The molecule has 0 bridgehead atoms. The molecule has 0 unspecified atom stereocenters. The zero-order chi connectivity index (χ0) is 11.6. The van der Waals surface area contributed by atoms with Gasteiger partial charge >= 0.3 is 0 Å². The molecule has 5 nitrogen and oxygen atoms in total. The van der Waals surface area contributed by atoms with Crippen molar-refractivity contribution >= 4 is 11.5 Å². The largest absolute Gasteiger partial charge is 0.496 e. The third-order valence-corrected chi connectivity index (χ3v) is 2.09. The minimum absolute atomic E-state index is 0.0446. The predicted octanol–water partition coefficient (Wildman–Crippen LogP) is 2.11. The smallest absolute Gasteiger partial charge is 0.276 e. The molecule has 0 saturated heterocycles. The highest BCUT2D eigenvalue weighted by Crippen LogP contribution is 2.28. The van der Waals surface area contributed by atoms with E-state index in [9.17, 15) is 14.9 Å². The number of methoxy groups -OCH3 is 1. The molecule has 0 spiro atoms. The molecule has 0 aliphatic carbocycles. The van der Waals surface area contributed by atoms with Crippen molar-refractivity contribution in [3.05, 3.63) is 33.4 Å². The highest BCUT2D eigenvalue weighted by molar-refractivity contribution is 5.97. The summed E-state index contributed by atoms with van der Waals surface area (Å²) in [5, 5.41) is 10.6. The Bertz CT molecular complexity index is 426. The first-order valence-corrected chi connectivity index (χ1v) is 4.31. The number of hydrogen-bond donors (Lipinski definition) is 0. The Morgan fingerprint density at radius 2 is 2.07 bits per heavy atom. The molecule has 0 amide bonds. The third kappa shape index (κ3) is 2.12. The maximum Gasteiger partial charge on any atom is 0.276 e. The number of rotatable bonds is 3. The lowest BCUT2D eigenvalue weighted by molar-refractivity contribution is -0.385. The first-order chi connectivity index (χ1) is 6.97. The molecule has 0 atom stereocenters. The van der Waals surface area contributed by atoms with Gasteiger partial charge in [-0.3, -0.25) is 14.9 Å². The van der Waals surface area contributed by atoms with Crippen LogP contribution < -0.4 is 4.74 Å². The van der Waals surface area contributed by atoms with Gasteiger partial charge in [-0.15, -0.1) is 0 Å². The van der Waals surface area contributed by atoms with Crippen molar-refractivity contribution in [2.24, 2.45) is 0 Å². The van der Waals surface area contributed by atoms with Gasteiger partial charge in [-0.05, 0) is 19.9 Å². The van der Waals surface area contributed by atoms with Crippen molar-refractivity contribution in [3.63, 3.8) is 0 Å². The predicted molar refractivity (Wildman–Crippen MR) is 54.4 cm³/mol. The van der Waals surface area contributed by atoms with Gasteiger partial charge in [0.15, 0.2) is 5.78 Å². The van der Waals surface area contributed by atoms with Crippen LogP contribution in [-0.2, 0) is 0 Å². The van der Waals surface area contributed by atoms with Crippen LogP contribution in [0.15, 0.2) is 12.1 Å². The van der Waals surface area contributed by atoms with Crippen LogP contribution in [0.2, 0.25) is 0 Å². The Kier molecular flexibility index (Phi) is 3.04. The summed E-state index contributed by atoms with van der Waals surface area (Å²) in [6, 6.07) is 2.74. The average molecular weight is 209 g/mol. The summed E-state index contributed by atoms with van der Waals surface area (Å²) >= 11 is 0. The average Bonchev–Trinajstić information content (AvgIpc) is 2.16. The Balaban J connectivity index is 3.42. The van der Waals surface area contributed by atoms with Gasteiger partial charge in [0.1, 0.15) is 5.75 Å². The van der Waals surface area contributed by atoms with Gasteiger partial charge in [-0.25, -0.2) is 0 Å². The van der Waals surface area contributed by atoms with E-state index < -0.39 is 4.92 Å². The lowest BCUT2D eigenvalue weighted by Gasteiger charge is -2.06. The van der Waals surface area contributed by atoms with Crippen molar-refractivity contribution in [1.29, 1.82) is 0 Å². The normalized spacial score (nSPS) is 9.80. The monoisotopic (exact) mass is 209 g/mol. The van der Waals surface area contributed by atoms with Crippen LogP contribution in [0.3, 0.4) is 0 Å². The number of carbonyl (C=O) groups is 1. The van der Waals surface area contributed by atoms with Gasteiger partial charge in [-0.2, -0.15) is 0 Å². The van der Waals surface area contributed by atoms with Crippen molar-refractivity contribution in [2.75, 3.05) is 7.11 Å². The molecule has 0 aliphatic heterocycles. The minimum Gasteiger partial charge on any atom is -0.496 e. The fourth-order valence-corrected chi connectivity index (χ4v) is 1.32. The first kappa shape index (κ1) is 11.2. The molecule has 0 radical (unpaired) electrons. The lowest BCUT2D eigenvalue weighted by atomic mass is 10.1. The second-order valence-electron chi connectivity index (χ2n) is 3.15. The molecule has 0 heterocycles. The van der Waals surface area contributed by atoms with Crippen LogP contribution in [0.25, 0.3) is 0 Å². The van der Waals surface area contributed by atoms with Crippen molar-refractivity contribution in [2.45, 2.75) is 13.8 Å². The molecule has 0 fully saturated rings. The molecule has 5 heteroatoms. The molecule has 1 rings (SSSR count). The second-order valence-corrected chi connectivity index (χ2v) is 3.15. The van der Waals surface area contributed by atoms with E-state index in [0.717, 1.165) is 0 Å². The summed E-state index contributed by atoms with van der Waals surface area (Å²) in [6.07, 6.45) is 0. The second kappa shape index (κ2) is 4.08. The maximum absolute atomic E-state index is 11.2. The third-order valence-electron chi connectivity index (χ3n) is 2.09. The Labute approximate surface area is 86.8 Å². The van der Waals surface area contributed by atoms with Gasteiger partial charge in [0.2, 0.25) is 0 Å². The zero-order valence-electron chi connectivity index (χ0n) is 8.73. The number of benzene rings is 1. The Morgan fingerprint density at radius 3 is 2.47 bits per heavy atom. The molecular weight excluding hydrogens is 198 g/mol. The summed E-state index contributed by atoms with van der Waals surface area (Å²) in [5.41, 5.74) is 0.767. The molecule has 0 aromatic heterocycles. The van der Waals surface area contributed by atoms with Gasteiger partial charge in [0.05, 0.1) is 23.7 Å². The highest BCUT2D eigenvalue weighted by atomic mass is 16.6. The molecule has 80 valence electrons. The number of carbonyl (C=O) groups excluding carboxylic acids is 1. The zero-order valence-corrected chi connectivity index (χ0v) is 8.73. The number of nitro benzene ring substituents is 1. The lowest BCUT2D eigenvalue weighted by Crippen LogP contribution is -2.01. The number of nitro groups is 1. The van der Waals surface area contributed by atoms with Crippen molar-refractivity contribution in [3.8, 4) is 5.75 Å². The van der Waals surface area contributed by atoms with Gasteiger partial charge in [0, 0.05) is 5.56 Å². The molecule has 0 N–H and O–H groups in total. The van der Waals surface area contributed by atoms with E-state index in [0.29, 0.717) is 11.1 Å². The molecule has 1 aromatic carbocycles. The van der Waals surface area contributed by atoms with E-state index in [2.05, 4.69) is 0 Å². The van der Waals surface area contributed by atoms with Crippen LogP contribution in [0.5, 0.6) is 5.75 Å². The summed E-state index contributed by atoms with van der Waals surface area (Å²) in [7, 11) is 1.38. The molecule has 1 aromatic rings. The Hall–Kier alpha value is -1.91. The van der Waals surface area contributed by atoms with E-state index in [1.807, 2.05) is 0 Å². The standard InChI is InChI=1S/C10H11NO4/c1-6-4-8(7(2)12)10(15-3)5-9(6)11(13)14/h4-5H,1-3H3. The number of ketones is 1. The number of Topliss-reactive ketones (excluding diaryl/α,β-unsaturated/α-hetero) is 1. The fraction of sp³-hybridized carbons (Fsp3) is 0.300. The van der Waals surface area contributed by atoms with Crippen LogP contribution in [-0.4, -0.2) is 17.8 Å². The fourth-order valence-electron chi connectivity index (χ4n) is 1.32. The quantitative estimate of drug-likeness (QED) is 0.434. The van der Waals surface area contributed by atoms with E-state index in [4.69, 9.17) is 4.74 Å². The van der Waals surface area contributed by atoms with Crippen LogP contribution >= 0.6 is 0 Å². The van der Waals surface area contributed by atoms with Crippen LogP contribution in [0.4, 0.5) is 5.69 Å². The minimum atomic E-state index is -0.498. The molecule has 0 aliphatic rings. The number of hydrogen-bond acceptors (Lipinski definition) is 4. The van der Waals surface area contributed by atoms with Crippen molar-refractivity contribution < 1.29 is 14.5 Å².